The third kappa shape index (κ3) is 5.17. The van der Waals surface area contributed by atoms with E-state index in [9.17, 15) is 13.2 Å². The Hall–Kier alpha value is -2.33. The topological polar surface area (TPSA) is 81.7 Å². The van der Waals surface area contributed by atoms with Crippen LogP contribution in [0.1, 0.15) is 26.8 Å². The molecule has 1 N–H and O–H groups in total. The van der Waals surface area contributed by atoms with E-state index in [1.165, 1.54) is 12.0 Å². The standard InChI is InChI=1S/C23H23NO5S3/c1-28-21(25)14-16-7-8-20-19(13-16)23(22-17(15-29-20)9-11-30-22)31-12-10-24-32(26,27)18-5-3-2-4-6-18/h2-9,11,13,23-24H,10,12,14-15H2,1H3. The lowest BCUT2D eigenvalue weighted by molar-refractivity contribution is -0.139. The minimum Gasteiger partial charge on any atom is -0.489 e. The summed E-state index contributed by atoms with van der Waals surface area (Å²) < 4.78 is 38.5. The maximum absolute atomic E-state index is 12.5. The van der Waals surface area contributed by atoms with Crippen molar-refractivity contribution in [3.05, 3.63) is 81.5 Å². The van der Waals surface area contributed by atoms with Crippen LogP contribution in [0.5, 0.6) is 5.75 Å². The van der Waals surface area contributed by atoms with Gasteiger partial charge in [0.05, 0.1) is 23.7 Å². The maximum atomic E-state index is 12.5. The number of carbonyl (C=O) groups excluding carboxylic acids is 1. The number of carbonyl (C=O) groups is 1. The molecule has 0 saturated heterocycles. The molecular weight excluding hydrogens is 466 g/mol. The summed E-state index contributed by atoms with van der Waals surface area (Å²) in [6.07, 6.45) is 0.190. The summed E-state index contributed by atoms with van der Waals surface area (Å²) in [7, 11) is -2.16. The zero-order chi connectivity index (χ0) is 22.6. The Balaban J connectivity index is 1.52. The maximum Gasteiger partial charge on any atom is 0.309 e. The number of thiophene rings is 1. The molecule has 168 valence electrons. The van der Waals surface area contributed by atoms with Crippen molar-refractivity contribution < 1.29 is 22.7 Å². The third-order valence-electron chi connectivity index (χ3n) is 5.07. The van der Waals surface area contributed by atoms with E-state index in [0.717, 1.165) is 22.4 Å². The lowest BCUT2D eigenvalue weighted by Gasteiger charge is -2.18. The number of fused-ring (bicyclic) bond motifs is 2. The van der Waals surface area contributed by atoms with E-state index >= 15 is 0 Å². The van der Waals surface area contributed by atoms with Gasteiger partial charge in [0.25, 0.3) is 0 Å². The van der Waals surface area contributed by atoms with Gasteiger partial charge >= 0.3 is 5.97 Å². The number of esters is 1. The number of nitrogens with one attached hydrogen (secondary N) is 1. The Morgan fingerprint density at radius 2 is 2.03 bits per heavy atom. The molecule has 0 aliphatic carbocycles. The molecule has 0 saturated carbocycles. The molecule has 1 unspecified atom stereocenters. The molecule has 0 spiro atoms. The number of sulfonamides is 1. The number of rotatable bonds is 8. The van der Waals surface area contributed by atoms with Gasteiger partial charge < -0.3 is 9.47 Å². The lowest BCUT2D eigenvalue weighted by atomic mass is 10.0. The van der Waals surface area contributed by atoms with Gasteiger partial charge in [-0.05, 0) is 35.2 Å². The van der Waals surface area contributed by atoms with E-state index in [2.05, 4.69) is 10.8 Å². The van der Waals surface area contributed by atoms with Gasteiger partial charge in [-0.3, -0.25) is 4.79 Å². The summed E-state index contributed by atoms with van der Waals surface area (Å²) in [5.74, 6) is 1.06. The van der Waals surface area contributed by atoms with Crippen LogP contribution in [0.15, 0.2) is 64.9 Å². The summed E-state index contributed by atoms with van der Waals surface area (Å²) in [6.45, 7) is 0.789. The molecule has 1 atom stereocenters. The van der Waals surface area contributed by atoms with E-state index in [0.29, 0.717) is 18.9 Å². The molecule has 2 aromatic carbocycles. The molecule has 0 fully saturated rings. The fraction of sp³-hybridized carbons (Fsp3) is 0.261. The van der Waals surface area contributed by atoms with E-state index in [1.807, 2.05) is 23.6 Å². The van der Waals surface area contributed by atoms with Gasteiger partial charge in [0, 0.05) is 28.3 Å². The first-order chi connectivity index (χ1) is 15.5. The second-order valence-electron chi connectivity index (χ2n) is 7.19. The van der Waals surface area contributed by atoms with E-state index in [-0.39, 0.29) is 22.5 Å². The SMILES string of the molecule is COC(=O)Cc1ccc2c(c1)C(SCCNS(=O)(=O)c1ccccc1)c1sccc1CO2. The van der Waals surface area contributed by atoms with Crippen molar-refractivity contribution in [2.75, 3.05) is 19.4 Å². The Morgan fingerprint density at radius 1 is 1.22 bits per heavy atom. The number of ether oxygens (including phenoxy) is 2. The monoisotopic (exact) mass is 489 g/mol. The number of benzene rings is 2. The Bertz CT molecular complexity index is 1190. The highest BCUT2D eigenvalue weighted by Crippen LogP contribution is 2.46. The quantitative estimate of drug-likeness (QED) is 0.378. The van der Waals surface area contributed by atoms with Gasteiger partial charge in [0.2, 0.25) is 10.0 Å². The first kappa shape index (κ1) is 22.8. The van der Waals surface area contributed by atoms with Crippen LogP contribution in [0.4, 0.5) is 0 Å². The second kappa shape index (κ2) is 10.1. The molecule has 1 aromatic heterocycles. The highest BCUT2D eigenvalue weighted by Gasteiger charge is 2.27. The predicted molar refractivity (Wildman–Crippen MR) is 127 cm³/mol. The normalized spacial score (nSPS) is 15.2. The van der Waals surface area contributed by atoms with Crippen molar-refractivity contribution in [3.8, 4) is 5.75 Å². The highest BCUT2D eigenvalue weighted by atomic mass is 32.2. The number of methoxy groups -OCH3 is 1. The fourth-order valence-corrected chi connectivity index (χ4v) is 7.06. The zero-order valence-corrected chi connectivity index (χ0v) is 19.9. The summed E-state index contributed by atoms with van der Waals surface area (Å²) >= 11 is 3.32. The minimum absolute atomic E-state index is 0.0127. The number of hydrogen-bond donors (Lipinski definition) is 1. The van der Waals surface area contributed by atoms with E-state index < -0.39 is 10.0 Å². The van der Waals surface area contributed by atoms with Gasteiger partial charge in [0.1, 0.15) is 12.4 Å². The molecule has 0 amide bonds. The van der Waals surface area contributed by atoms with Gasteiger partial charge in [-0.1, -0.05) is 30.3 Å². The molecule has 0 bridgehead atoms. The summed E-state index contributed by atoms with van der Waals surface area (Å²) in [5.41, 5.74) is 2.97. The van der Waals surface area contributed by atoms with Crippen LogP contribution in [0.2, 0.25) is 0 Å². The van der Waals surface area contributed by atoms with Gasteiger partial charge in [-0.15, -0.1) is 23.1 Å². The minimum atomic E-state index is -3.54. The van der Waals surface area contributed by atoms with Crippen molar-refractivity contribution in [1.82, 2.24) is 4.72 Å². The first-order valence-electron chi connectivity index (χ1n) is 10.0. The second-order valence-corrected chi connectivity index (χ2v) is 11.1. The molecule has 3 aromatic rings. The fourth-order valence-electron chi connectivity index (χ4n) is 3.48. The predicted octanol–water partition coefficient (Wildman–Crippen LogP) is 4.16. The third-order valence-corrected chi connectivity index (χ3v) is 8.98. The lowest BCUT2D eigenvalue weighted by Crippen LogP contribution is -2.26. The van der Waals surface area contributed by atoms with Crippen LogP contribution in [0.3, 0.4) is 0 Å². The van der Waals surface area contributed by atoms with Gasteiger partial charge in [0.15, 0.2) is 0 Å². The molecule has 1 aliphatic rings. The van der Waals surface area contributed by atoms with Gasteiger partial charge in [-0.25, -0.2) is 13.1 Å². The average Bonchev–Trinajstić information content (AvgIpc) is 3.21. The Labute approximate surface area is 196 Å². The highest BCUT2D eigenvalue weighted by molar-refractivity contribution is 7.99. The molecular formula is C23H23NO5S3. The summed E-state index contributed by atoms with van der Waals surface area (Å²) in [4.78, 5) is 13.2. The van der Waals surface area contributed by atoms with Crippen molar-refractivity contribution in [2.24, 2.45) is 0 Å². The molecule has 6 nitrogen and oxygen atoms in total. The Kier molecular flexibility index (Phi) is 7.20. The number of thioether (sulfide) groups is 1. The average molecular weight is 490 g/mol. The van der Waals surface area contributed by atoms with Crippen molar-refractivity contribution in [1.29, 1.82) is 0 Å². The number of hydrogen-bond acceptors (Lipinski definition) is 7. The molecule has 2 heterocycles. The van der Waals surface area contributed by atoms with Crippen molar-refractivity contribution >= 4 is 39.1 Å². The van der Waals surface area contributed by atoms with Crippen LogP contribution in [-0.4, -0.2) is 33.8 Å². The van der Waals surface area contributed by atoms with Crippen LogP contribution < -0.4 is 9.46 Å². The van der Waals surface area contributed by atoms with Crippen LogP contribution in [0, 0.1) is 0 Å². The molecule has 4 rings (SSSR count). The largest absolute Gasteiger partial charge is 0.489 e. The summed E-state index contributed by atoms with van der Waals surface area (Å²) in [6, 6.07) is 16.2. The van der Waals surface area contributed by atoms with Gasteiger partial charge in [-0.2, -0.15) is 0 Å². The molecule has 0 radical (unpaired) electrons. The molecule has 1 aliphatic heterocycles. The van der Waals surface area contributed by atoms with Crippen LogP contribution in [0.25, 0.3) is 0 Å². The first-order valence-corrected chi connectivity index (χ1v) is 13.4. The van der Waals surface area contributed by atoms with Crippen molar-refractivity contribution in [2.45, 2.75) is 23.2 Å². The smallest absolute Gasteiger partial charge is 0.309 e. The van der Waals surface area contributed by atoms with Crippen LogP contribution in [-0.2, 0) is 32.6 Å². The Morgan fingerprint density at radius 3 is 2.81 bits per heavy atom. The summed E-state index contributed by atoms with van der Waals surface area (Å²) in [5, 5.41) is 2.03. The molecule has 32 heavy (non-hydrogen) atoms. The van der Waals surface area contributed by atoms with Crippen LogP contribution >= 0.6 is 23.1 Å². The van der Waals surface area contributed by atoms with E-state index in [1.54, 1.807) is 53.4 Å². The van der Waals surface area contributed by atoms with Crippen molar-refractivity contribution in [3.63, 3.8) is 0 Å². The van der Waals surface area contributed by atoms with E-state index in [4.69, 9.17) is 9.47 Å². The molecule has 9 heteroatoms. The zero-order valence-electron chi connectivity index (χ0n) is 17.4.